The molecule has 2 saturated heterocycles. The van der Waals surface area contributed by atoms with Crippen molar-refractivity contribution in [2.75, 3.05) is 26.3 Å². The predicted octanol–water partition coefficient (Wildman–Crippen LogP) is 2.69. The van der Waals surface area contributed by atoms with Crippen molar-refractivity contribution >= 4 is 10.0 Å². The van der Waals surface area contributed by atoms with Gasteiger partial charge in [-0.1, -0.05) is 6.07 Å². The molecule has 1 aromatic carbocycles. The lowest BCUT2D eigenvalue weighted by Crippen LogP contribution is -2.44. The fourth-order valence-electron chi connectivity index (χ4n) is 3.76. The Kier molecular flexibility index (Phi) is 5.02. The van der Waals surface area contributed by atoms with Crippen molar-refractivity contribution < 1.29 is 17.9 Å². The first-order chi connectivity index (χ1) is 11.3. The van der Waals surface area contributed by atoms with Crippen LogP contribution in [-0.4, -0.2) is 45.3 Å². The van der Waals surface area contributed by atoms with Crippen molar-refractivity contribution in [3.05, 3.63) is 28.3 Å². The molecular weight excluding hydrogens is 326 g/mol. The number of piperidine rings is 1. The van der Waals surface area contributed by atoms with Gasteiger partial charge >= 0.3 is 0 Å². The predicted molar refractivity (Wildman–Crippen MR) is 92.6 cm³/mol. The van der Waals surface area contributed by atoms with E-state index in [1.807, 2.05) is 27.7 Å². The van der Waals surface area contributed by atoms with E-state index in [4.69, 9.17) is 9.47 Å². The second-order valence-corrected chi connectivity index (χ2v) is 8.84. The first-order valence-corrected chi connectivity index (χ1v) is 10.1. The van der Waals surface area contributed by atoms with Crippen LogP contribution in [0.3, 0.4) is 0 Å². The van der Waals surface area contributed by atoms with Gasteiger partial charge in [0.2, 0.25) is 10.0 Å². The molecule has 6 heteroatoms. The van der Waals surface area contributed by atoms with E-state index in [1.165, 1.54) is 0 Å². The lowest BCUT2D eigenvalue weighted by molar-refractivity contribution is -0.0940. The molecule has 2 aliphatic heterocycles. The number of benzene rings is 1. The summed E-state index contributed by atoms with van der Waals surface area (Å²) in [7, 11) is -3.51. The summed E-state index contributed by atoms with van der Waals surface area (Å²) in [6.45, 7) is 9.99. The minimum absolute atomic E-state index is 0.113. The highest BCUT2D eigenvalue weighted by Gasteiger charge is 2.37. The molecule has 0 saturated carbocycles. The van der Waals surface area contributed by atoms with Crippen LogP contribution in [0.4, 0.5) is 0 Å². The Balaban J connectivity index is 1.93. The number of ether oxygens (including phenoxy) is 2. The summed E-state index contributed by atoms with van der Waals surface area (Å²) >= 11 is 0. The minimum atomic E-state index is -3.51. The SMILES string of the molecule is Cc1cc(C)c(C)c(S(=O)(=O)N2CCCC(C3OCCO3)C2)c1C. The van der Waals surface area contributed by atoms with Crippen molar-refractivity contribution in [1.29, 1.82) is 0 Å². The summed E-state index contributed by atoms with van der Waals surface area (Å²) in [6.07, 6.45) is 1.53. The van der Waals surface area contributed by atoms with E-state index >= 15 is 0 Å². The molecule has 1 unspecified atom stereocenters. The number of rotatable bonds is 3. The van der Waals surface area contributed by atoms with Crippen molar-refractivity contribution in [2.24, 2.45) is 5.92 Å². The van der Waals surface area contributed by atoms with Gasteiger partial charge in [0.15, 0.2) is 6.29 Å². The highest BCUT2D eigenvalue weighted by molar-refractivity contribution is 7.89. The smallest absolute Gasteiger partial charge is 0.243 e. The quantitative estimate of drug-likeness (QED) is 0.838. The molecule has 1 aromatic rings. The first kappa shape index (κ1) is 17.9. The number of hydrogen-bond acceptors (Lipinski definition) is 4. The van der Waals surface area contributed by atoms with Crippen molar-refractivity contribution in [3.8, 4) is 0 Å². The fraction of sp³-hybridized carbons (Fsp3) is 0.667. The standard InChI is InChI=1S/C18H27NO4S/c1-12-10-13(2)15(4)17(14(12)3)24(20,21)19-7-5-6-16(11-19)18-22-8-9-23-18/h10,16,18H,5-9,11H2,1-4H3. The third kappa shape index (κ3) is 3.12. The van der Waals surface area contributed by atoms with Gasteiger partial charge in [0.1, 0.15) is 0 Å². The van der Waals surface area contributed by atoms with E-state index < -0.39 is 10.0 Å². The van der Waals surface area contributed by atoms with Gasteiger partial charge in [0, 0.05) is 19.0 Å². The molecule has 2 heterocycles. The zero-order valence-electron chi connectivity index (χ0n) is 15.0. The third-order valence-corrected chi connectivity index (χ3v) is 7.49. The Morgan fingerprint density at radius 1 is 1.04 bits per heavy atom. The van der Waals surface area contributed by atoms with Gasteiger partial charge in [-0.25, -0.2) is 8.42 Å². The van der Waals surface area contributed by atoms with E-state index in [9.17, 15) is 8.42 Å². The number of sulfonamides is 1. The monoisotopic (exact) mass is 353 g/mol. The summed E-state index contributed by atoms with van der Waals surface area (Å²) in [5.41, 5.74) is 3.75. The summed E-state index contributed by atoms with van der Waals surface area (Å²) in [6, 6.07) is 2.06. The van der Waals surface area contributed by atoms with E-state index in [1.54, 1.807) is 4.31 Å². The van der Waals surface area contributed by atoms with Gasteiger partial charge in [0.05, 0.1) is 18.1 Å². The third-order valence-electron chi connectivity index (χ3n) is 5.35. The van der Waals surface area contributed by atoms with E-state index in [2.05, 4.69) is 6.07 Å². The molecule has 1 atom stereocenters. The highest BCUT2D eigenvalue weighted by atomic mass is 32.2. The Hall–Kier alpha value is -0.950. The summed E-state index contributed by atoms with van der Waals surface area (Å²) in [5.74, 6) is 0.113. The number of hydrogen-bond donors (Lipinski definition) is 0. The van der Waals surface area contributed by atoms with Crippen molar-refractivity contribution in [1.82, 2.24) is 4.31 Å². The Bertz CT molecular complexity index is 697. The molecule has 134 valence electrons. The Morgan fingerprint density at radius 2 is 1.62 bits per heavy atom. The van der Waals surface area contributed by atoms with Crippen LogP contribution in [0.15, 0.2) is 11.0 Å². The second kappa shape index (κ2) is 6.75. The van der Waals surface area contributed by atoms with E-state index in [0.29, 0.717) is 31.2 Å². The molecule has 2 fully saturated rings. The summed E-state index contributed by atoms with van der Waals surface area (Å²) in [5, 5.41) is 0. The van der Waals surface area contributed by atoms with Gasteiger partial charge in [-0.15, -0.1) is 0 Å². The van der Waals surface area contributed by atoms with Crippen LogP contribution < -0.4 is 0 Å². The van der Waals surface area contributed by atoms with Gasteiger partial charge in [0.25, 0.3) is 0 Å². The van der Waals surface area contributed by atoms with Gasteiger partial charge in [-0.2, -0.15) is 4.31 Å². The maximum absolute atomic E-state index is 13.3. The number of aryl methyl sites for hydroxylation is 2. The van der Waals surface area contributed by atoms with Gasteiger partial charge < -0.3 is 9.47 Å². The normalized spacial score (nSPS) is 23.8. The molecule has 2 aliphatic rings. The molecule has 0 spiro atoms. The lowest BCUT2D eigenvalue weighted by atomic mass is 9.99. The van der Waals surface area contributed by atoms with Crippen LogP contribution >= 0.6 is 0 Å². The van der Waals surface area contributed by atoms with Crippen LogP contribution in [-0.2, 0) is 19.5 Å². The van der Waals surface area contributed by atoms with Crippen LogP contribution in [0.5, 0.6) is 0 Å². The largest absolute Gasteiger partial charge is 0.350 e. The molecule has 24 heavy (non-hydrogen) atoms. The topological polar surface area (TPSA) is 55.8 Å². The fourth-order valence-corrected chi connectivity index (χ4v) is 5.87. The Labute approximate surface area is 145 Å². The molecule has 0 aromatic heterocycles. The van der Waals surface area contributed by atoms with Crippen molar-refractivity contribution in [2.45, 2.75) is 51.7 Å². The molecule has 0 bridgehead atoms. The Morgan fingerprint density at radius 3 is 2.21 bits per heavy atom. The molecule has 3 rings (SSSR count). The van der Waals surface area contributed by atoms with Gasteiger partial charge in [-0.3, -0.25) is 0 Å². The maximum Gasteiger partial charge on any atom is 0.243 e. The van der Waals surface area contributed by atoms with Crippen LogP contribution in [0, 0.1) is 33.6 Å². The van der Waals surface area contributed by atoms with Gasteiger partial charge in [-0.05, 0) is 62.8 Å². The van der Waals surface area contributed by atoms with Crippen LogP contribution in [0.2, 0.25) is 0 Å². The molecule has 5 nitrogen and oxygen atoms in total. The second-order valence-electron chi connectivity index (χ2n) is 6.96. The average Bonchev–Trinajstić information content (AvgIpc) is 3.08. The molecule has 0 radical (unpaired) electrons. The van der Waals surface area contributed by atoms with E-state index in [-0.39, 0.29) is 12.2 Å². The maximum atomic E-state index is 13.3. The lowest BCUT2D eigenvalue weighted by Gasteiger charge is -2.34. The minimum Gasteiger partial charge on any atom is -0.350 e. The molecule has 0 aliphatic carbocycles. The molecular formula is C18H27NO4S. The summed E-state index contributed by atoms with van der Waals surface area (Å²) in [4.78, 5) is 0.480. The van der Waals surface area contributed by atoms with Crippen LogP contribution in [0.1, 0.15) is 35.1 Å². The molecule has 0 amide bonds. The number of nitrogens with zero attached hydrogens (tertiary/aromatic N) is 1. The van der Waals surface area contributed by atoms with E-state index in [0.717, 1.165) is 35.1 Å². The highest BCUT2D eigenvalue weighted by Crippen LogP contribution is 2.32. The zero-order chi connectivity index (χ0) is 17.5. The molecule has 0 N–H and O–H groups in total. The summed E-state index contributed by atoms with van der Waals surface area (Å²) < 4.78 is 39.5. The van der Waals surface area contributed by atoms with Crippen LogP contribution in [0.25, 0.3) is 0 Å². The first-order valence-electron chi connectivity index (χ1n) is 8.63. The zero-order valence-corrected chi connectivity index (χ0v) is 15.8. The van der Waals surface area contributed by atoms with Crippen molar-refractivity contribution in [3.63, 3.8) is 0 Å². The average molecular weight is 353 g/mol.